The third-order valence-corrected chi connectivity index (χ3v) is 8.68. The molecule has 0 saturated carbocycles. The van der Waals surface area contributed by atoms with Crippen molar-refractivity contribution in [3.63, 3.8) is 0 Å². The lowest BCUT2D eigenvalue weighted by Gasteiger charge is -2.25. The molecule has 7 heteroatoms. The average Bonchev–Trinajstić information content (AvgIpc) is 3.24. The number of furan rings is 1. The summed E-state index contributed by atoms with van der Waals surface area (Å²) in [5.74, 6) is 1.68. The molecule has 0 amide bonds. The highest BCUT2D eigenvalue weighted by Crippen LogP contribution is 2.45. The standard InChI is InChI=1S/C30H39I2NO4/c1-7-10-14-24-26(21-13-11-12-15-23(21)37-24)25-20(19-30(4,5)29(34)35-6)18-22(31)28(27(25)32)36-17-16-33(8-2)9-3/h11-13,15,18H,7-10,14,16-17,19H2,1-6H3. The van der Waals surface area contributed by atoms with E-state index in [0.717, 1.165) is 85.2 Å². The highest BCUT2D eigenvalue weighted by molar-refractivity contribution is 14.1. The molecule has 0 aliphatic heterocycles. The molecule has 0 fully saturated rings. The van der Waals surface area contributed by atoms with E-state index in [9.17, 15) is 4.79 Å². The minimum atomic E-state index is -0.677. The second-order valence-corrected chi connectivity index (χ2v) is 12.2. The van der Waals surface area contributed by atoms with Crippen LogP contribution < -0.4 is 4.74 Å². The zero-order valence-corrected chi connectivity index (χ0v) is 27.2. The van der Waals surface area contributed by atoms with Crippen LogP contribution in [0.25, 0.3) is 22.1 Å². The van der Waals surface area contributed by atoms with Gasteiger partial charge < -0.3 is 18.8 Å². The Balaban J connectivity index is 2.22. The number of methoxy groups -OCH3 is 1. The molecule has 0 aliphatic rings. The SMILES string of the molecule is CCCCc1oc2ccccc2c1-c1c(CC(C)(C)C(=O)OC)cc(I)c(OCCN(CC)CC)c1I. The lowest BCUT2D eigenvalue weighted by Crippen LogP contribution is -2.29. The number of nitrogens with zero attached hydrogens (tertiary/aromatic N) is 1. The van der Waals surface area contributed by atoms with Gasteiger partial charge in [-0.15, -0.1) is 0 Å². The normalized spacial score (nSPS) is 11.9. The van der Waals surface area contributed by atoms with Gasteiger partial charge in [0, 0.05) is 29.5 Å². The fourth-order valence-electron chi connectivity index (χ4n) is 4.72. The molecule has 2 aromatic carbocycles. The smallest absolute Gasteiger partial charge is 0.311 e. The lowest BCUT2D eigenvalue weighted by molar-refractivity contribution is -0.150. The van der Waals surface area contributed by atoms with E-state index in [0.29, 0.717) is 13.0 Å². The van der Waals surface area contributed by atoms with Crippen LogP contribution >= 0.6 is 45.2 Å². The zero-order chi connectivity index (χ0) is 27.2. The number of ether oxygens (including phenoxy) is 2. The maximum atomic E-state index is 12.7. The van der Waals surface area contributed by atoms with Crippen molar-refractivity contribution in [1.82, 2.24) is 4.90 Å². The van der Waals surface area contributed by atoms with E-state index in [2.05, 4.69) is 89.1 Å². The van der Waals surface area contributed by atoms with Gasteiger partial charge in [0.05, 0.1) is 19.7 Å². The first-order valence-corrected chi connectivity index (χ1v) is 15.3. The van der Waals surface area contributed by atoms with Gasteiger partial charge in [0.15, 0.2) is 0 Å². The van der Waals surface area contributed by atoms with Crippen molar-refractivity contribution in [2.75, 3.05) is 33.4 Å². The predicted octanol–water partition coefficient (Wildman–Crippen LogP) is 8.11. The minimum absolute atomic E-state index is 0.216. The molecule has 1 heterocycles. The fraction of sp³-hybridized carbons (Fsp3) is 0.500. The topological polar surface area (TPSA) is 51.9 Å². The Morgan fingerprint density at radius 1 is 1.08 bits per heavy atom. The van der Waals surface area contributed by atoms with E-state index in [1.807, 2.05) is 26.0 Å². The number of hydrogen-bond donors (Lipinski definition) is 0. The summed E-state index contributed by atoms with van der Waals surface area (Å²) in [5, 5.41) is 1.10. The Bertz CT molecular complexity index is 1210. The van der Waals surface area contributed by atoms with Gasteiger partial charge in [0.25, 0.3) is 0 Å². The van der Waals surface area contributed by atoms with Gasteiger partial charge in [0.2, 0.25) is 0 Å². The maximum Gasteiger partial charge on any atom is 0.311 e. The summed E-state index contributed by atoms with van der Waals surface area (Å²) in [7, 11) is 1.46. The molecule has 0 saturated heterocycles. The van der Waals surface area contributed by atoms with Gasteiger partial charge in [-0.05, 0) is 103 Å². The number of carbonyl (C=O) groups excluding carboxylic acids is 1. The van der Waals surface area contributed by atoms with Gasteiger partial charge in [-0.3, -0.25) is 4.79 Å². The summed E-state index contributed by atoms with van der Waals surface area (Å²) >= 11 is 4.80. The first-order valence-electron chi connectivity index (χ1n) is 13.1. The first kappa shape index (κ1) is 30.2. The number of aryl methyl sites for hydroxylation is 1. The molecule has 0 N–H and O–H groups in total. The van der Waals surface area contributed by atoms with Crippen molar-refractivity contribution < 1.29 is 18.7 Å². The molecule has 0 aliphatic carbocycles. The monoisotopic (exact) mass is 731 g/mol. The summed E-state index contributed by atoms with van der Waals surface area (Å²) in [6, 6.07) is 10.4. The molecular formula is C30H39I2NO4. The molecule has 37 heavy (non-hydrogen) atoms. The molecule has 1 aromatic heterocycles. The average molecular weight is 731 g/mol. The number of halogens is 2. The lowest BCUT2D eigenvalue weighted by atomic mass is 9.82. The van der Waals surface area contributed by atoms with Crippen molar-refractivity contribution in [2.45, 2.75) is 60.3 Å². The van der Waals surface area contributed by atoms with Crippen LogP contribution in [0, 0.1) is 12.6 Å². The minimum Gasteiger partial charge on any atom is -0.490 e. The zero-order valence-electron chi connectivity index (χ0n) is 22.9. The highest BCUT2D eigenvalue weighted by Gasteiger charge is 2.33. The summed E-state index contributed by atoms with van der Waals surface area (Å²) in [6.07, 6.45) is 3.54. The number of esters is 1. The Hall–Kier alpha value is -1.33. The summed E-state index contributed by atoms with van der Waals surface area (Å²) in [4.78, 5) is 15.0. The van der Waals surface area contributed by atoms with Crippen LogP contribution in [0.3, 0.4) is 0 Å². The van der Waals surface area contributed by atoms with Crippen molar-refractivity contribution >= 4 is 62.1 Å². The molecule has 202 valence electrons. The van der Waals surface area contributed by atoms with Gasteiger partial charge >= 0.3 is 5.97 Å². The molecule has 0 unspecified atom stereocenters. The Labute approximate surface area is 248 Å². The second-order valence-electron chi connectivity index (χ2n) is 9.96. The summed E-state index contributed by atoms with van der Waals surface area (Å²) in [6.45, 7) is 13.9. The Morgan fingerprint density at radius 3 is 2.43 bits per heavy atom. The largest absolute Gasteiger partial charge is 0.490 e. The number of likely N-dealkylation sites (N-methyl/N-ethyl adjacent to an activating group) is 1. The summed E-state index contributed by atoms with van der Waals surface area (Å²) in [5.41, 5.74) is 3.54. The van der Waals surface area contributed by atoms with Crippen molar-refractivity contribution in [2.24, 2.45) is 5.41 Å². The first-order chi connectivity index (χ1) is 17.7. The van der Waals surface area contributed by atoms with Crippen molar-refractivity contribution in [3.8, 4) is 16.9 Å². The molecule has 0 atom stereocenters. The number of rotatable bonds is 13. The molecule has 0 bridgehead atoms. The quantitative estimate of drug-likeness (QED) is 0.131. The van der Waals surface area contributed by atoms with Gasteiger partial charge in [-0.1, -0.05) is 45.4 Å². The number of hydrogen-bond acceptors (Lipinski definition) is 5. The van der Waals surface area contributed by atoms with E-state index in [4.69, 9.17) is 13.9 Å². The van der Waals surface area contributed by atoms with Crippen molar-refractivity contribution in [3.05, 3.63) is 48.8 Å². The predicted molar refractivity (Wildman–Crippen MR) is 168 cm³/mol. The maximum absolute atomic E-state index is 12.7. The van der Waals surface area contributed by atoms with E-state index < -0.39 is 5.41 Å². The molecule has 5 nitrogen and oxygen atoms in total. The Morgan fingerprint density at radius 2 is 1.78 bits per heavy atom. The van der Waals surface area contributed by atoms with Crippen molar-refractivity contribution in [1.29, 1.82) is 0 Å². The third kappa shape index (κ3) is 7.01. The molecule has 3 aromatic rings. The van der Waals surface area contributed by atoms with Crippen LogP contribution in [0.1, 0.15) is 58.8 Å². The fourth-order valence-corrected chi connectivity index (χ4v) is 7.10. The third-order valence-electron chi connectivity index (χ3n) is 6.85. The number of unbranched alkanes of at least 4 members (excludes halogenated alkanes) is 1. The van der Waals surface area contributed by atoms with E-state index in [-0.39, 0.29) is 5.97 Å². The number of carbonyl (C=O) groups is 1. The van der Waals surface area contributed by atoms with Crippen LogP contribution in [0.15, 0.2) is 34.7 Å². The van der Waals surface area contributed by atoms with E-state index >= 15 is 0 Å². The van der Waals surface area contributed by atoms with E-state index in [1.54, 1.807) is 0 Å². The molecule has 3 rings (SSSR count). The van der Waals surface area contributed by atoms with Gasteiger partial charge in [-0.25, -0.2) is 0 Å². The molecule has 0 spiro atoms. The van der Waals surface area contributed by atoms with Crippen LogP contribution in [0.2, 0.25) is 0 Å². The number of fused-ring (bicyclic) bond motifs is 1. The van der Waals surface area contributed by atoms with Crippen LogP contribution in [-0.4, -0.2) is 44.2 Å². The Kier molecular flexibility index (Phi) is 11.1. The van der Waals surface area contributed by atoms with Crippen LogP contribution in [-0.2, 0) is 22.4 Å². The van der Waals surface area contributed by atoms with Gasteiger partial charge in [-0.2, -0.15) is 0 Å². The van der Waals surface area contributed by atoms with E-state index in [1.165, 1.54) is 7.11 Å². The number of para-hydroxylation sites is 1. The van der Waals surface area contributed by atoms with Crippen LogP contribution in [0.5, 0.6) is 5.75 Å². The second kappa shape index (κ2) is 13.6. The van der Waals surface area contributed by atoms with Crippen LogP contribution in [0.4, 0.5) is 0 Å². The number of benzene rings is 2. The molecule has 0 radical (unpaired) electrons. The highest BCUT2D eigenvalue weighted by atomic mass is 127. The summed E-state index contributed by atoms with van der Waals surface area (Å²) < 4.78 is 20.1. The molecular weight excluding hydrogens is 692 g/mol. The van der Waals surface area contributed by atoms with Gasteiger partial charge in [0.1, 0.15) is 23.7 Å².